The molecule has 9 heteroatoms. The molecule has 0 spiro atoms. The maximum Gasteiger partial charge on any atom is 0.243 e. The number of nitrogens with zero attached hydrogens (tertiary/aromatic N) is 1. The van der Waals surface area contributed by atoms with Crippen molar-refractivity contribution in [3.63, 3.8) is 0 Å². The zero-order valence-corrected chi connectivity index (χ0v) is 17.7. The van der Waals surface area contributed by atoms with Crippen molar-refractivity contribution in [1.82, 2.24) is 9.62 Å². The lowest BCUT2D eigenvalue weighted by Crippen LogP contribution is -2.39. The van der Waals surface area contributed by atoms with E-state index in [1.807, 2.05) is 18.2 Å². The zero-order valence-electron chi connectivity index (χ0n) is 16.1. The van der Waals surface area contributed by atoms with E-state index < -0.39 is 15.9 Å². The highest BCUT2D eigenvalue weighted by Gasteiger charge is 2.25. The molecule has 2 rings (SSSR count). The van der Waals surface area contributed by atoms with Crippen LogP contribution >= 0.6 is 11.6 Å². The molecule has 2 aromatic carbocycles. The van der Waals surface area contributed by atoms with Gasteiger partial charge in [0.05, 0.1) is 36.7 Å². The van der Waals surface area contributed by atoms with Crippen molar-refractivity contribution in [3.8, 4) is 11.5 Å². The molecule has 0 heterocycles. The van der Waals surface area contributed by atoms with Gasteiger partial charge in [0.15, 0.2) is 0 Å². The van der Waals surface area contributed by atoms with Crippen molar-refractivity contribution >= 4 is 27.5 Å². The molecule has 1 amide bonds. The molecule has 2 aromatic rings. The van der Waals surface area contributed by atoms with Crippen LogP contribution < -0.4 is 14.8 Å². The van der Waals surface area contributed by atoms with Gasteiger partial charge in [-0.05, 0) is 31.2 Å². The average Bonchev–Trinajstić information content (AvgIpc) is 2.67. The highest BCUT2D eigenvalue weighted by atomic mass is 35.5. The predicted molar refractivity (Wildman–Crippen MR) is 107 cm³/mol. The Morgan fingerprint density at radius 1 is 1.14 bits per heavy atom. The summed E-state index contributed by atoms with van der Waals surface area (Å²) in [4.78, 5) is 12.4. The number of carbonyl (C=O) groups excluding carboxylic acids is 1. The summed E-state index contributed by atoms with van der Waals surface area (Å²) < 4.78 is 36.7. The van der Waals surface area contributed by atoms with E-state index in [-0.39, 0.29) is 22.5 Å². The number of rotatable bonds is 8. The quantitative estimate of drug-likeness (QED) is 0.701. The molecule has 0 radical (unpaired) electrons. The Hall–Kier alpha value is -2.29. The summed E-state index contributed by atoms with van der Waals surface area (Å²) in [6.45, 7) is 1.46. The molecule has 0 aliphatic rings. The van der Waals surface area contributed by atoms with Gasteiger partial charge in [-0.3, -0.25) is 4.79 Å². The number of halogens is 1. The summed E-state index contributed by atoms with van der Waals surface area (Å²) in [5.41, 5.74) is 0.797. The topological polar surface area (TPSA) is 84.9 Å². The molecule has 152 valence electrons. The van der Waals surface area contributed by atoms with Gasteiger partial charge in [-0.1, -0.05) is 29.8 Å². The van der Waals surface area contributed by atoms with E-state index in [0.29, 0.717) is 11.5 Å². The van der Waals surface area contributed by atoms with Crippen LogP contribution in [0.4, 0.5) is 0 Å². The first-order valence-electron chi connectivity index (χ1n) is 8.42. The van der Waals surface area contributed by atoms with E-state index in [1.165, 1.54) is 32.4 Å². The van der Waals surface area contributed by atoms with Gasteiger partial charge in [0, 0.05) is 12.6 Å². The second-order valence-corrected chi connectivity index (χ2v) is 8.54. The number of sulfonamides is 1. The van der Waals surface area contributed by atoms with Gasteiger partial charge in [0.1, 0.15) is 11.5 Å². The third kappa shape index (κ3) is 4.95. The van der Waals surface area contributed by atoms with Crippen LogP contribution in [0.3, 0.4) is 0 Å². The van der Waals surface area contributed by atoms with E-state index in [4.69, 9.17) is 21.1 Å². The van der Waals surface area contributed by atoms with Crippen molar-refractivity contribution in [2.45, 2.75) is 17.9 Å². The molecule has 0 saturated carbocycles. The van der Waals surface area contributed by atoms with Crippen LogP contribution in [0.1, 0.15) is 18.5 Å². The van der Waals surface area contributed by atoms with Crippen LogP contribution in [0.25, 0.3) is 0 Å². The minimum Gasteiger partial charge on any atom is -0.496 e. The number of hydrogen-bond acceptors (Lipinski definition) is 5. The minimum absolute atomic E-state index is 0.0219. The van der Waals surface area contributed by atoms with Crippen LogP contribution in [0.5, 0.6) is 11.5 Å². The summed E-state index contributed by atoms with van der Waals surface area (Å²) >= 11 is 6.01. The lowest BCUT2D eigenvalue weighted by molar-refractivity contribution is -0.121. The predicted octanol–water partition coefficient (Wildman–Crippen LogP) is 2.86. The van der Waals surface area contributed by atoms with Gasteiger partial charge in [0.25, 0.3) is 0 Å². The first kappa shape index (κ1) is 22.0. The van der Waals surface area contributed by atoms with Crippen LogP contribution in [-0.4, -0.2) is 46.4 Å². The second kappa shape index (κ2) is 9.27. The Bertz CT molecular complexity index is 949. The summed E-state index contributed by atoms with van der Waals surface area (Å²) in [5, 5.41) is 2.96. The number of likely N-dealkylation sites (N-methyl/N-ethyl adjacent to an activating group) is 1. The molecule has 0 aromatic heterocycles. The van der Waals surface area contributed by atoms with E-state index in [2.05, 4.69) is 5.32 Å². The molecule has 0 saturated heterocycles. The molecule has 0 aliphatic heterocycles. The first-order valence-corrected chi connectivity index (χ1v) is 10.2. The van der Waals surface area contributed by atoms with Gasteiger partial charge in [-0.25, -0.2) is 8.42 Å². The molecule has 7 nitrogen and oxygen atoms in total. The fourth-order valence-corrected chi connectivity index (χ4v) is 4.14. The van der Waals surface area contributed by atoms with Gasteiger partial charge in [-0.15, -0.1) is 0 Å². The Labute approximate surface area is 170 Å². The monoisotopic (exact) mass is 426 g/mol. The lowest BCUT2D eigenvalue weighted by Gasteiger charge is -2.20. The molecule has 1 N–H and O–H groups in total. The SMILES string of the molecule is COc1ccc(S(=O)(=O)N(C)CC(=O)NC(C)c2ccccc2OC)cc1Cl. The van der Waals surface area contributed by atoms with Gasteiger partial charge in [0.2, 0.25) is 15.9 Å². The fourth-order valence-electron chi connectivity index (χ4n) is 2.66. The zero-order chi connectivity index (χ0) is 20.9. The Kier molecular flexibility index (Phi) is 7.29. The Balaban J connectivity index is 2.09. The summed E-state index contributed by atoms with van der Waals surface area (Å²) in [7, 11) is 0.436. The number of nitrogens with one attached hydrogen (secondary N) is 1. The first-order chi connectivity index (χ1) is 13.2. The van der Waals surface area contributed by atoms with Crippen molar-refractivity contribution in [3.05, 3.63) is 53.1 Å². The normalized spacial score (nSPS) is 12.5. The van der Waals surface area contributed by atoms with Crippen LogP contribution in [-0.2, 0) is 14.8 Å². The van der Waals surface area contributed by atoms with Crippen LogP contribution in [0.2, 0.25) is 5.02 Å². The molecule has 1 atom stereocenters. The van der Waals surface area contributed by atoms with Gasteiger partial charge in [-0.2, -0.15) is 4.31 Å². The van der Waals surface area contributed by atoms with Gasteiger partial charge < -0.3 is 14.8 Å². The van der Waals surface area contributed by atoms with Crippen molar-refractivity contribution in [2.24, 2.45) is 0 Å². The summed E-state index contributed by atoms with van der Waals surface area (Å²) in [5.74, 6) is 0.569. The highest BCUT2D eigenvalue weighted by molar-refractivity contribution is 7.89. The van der Waals surface area contributed by atoms with Crippen LogP contribution in [0, 0.1) is 0 Å². The number of methoxy groups -OCH3 is 2. The molecule has 1 unspecified atom stereocenters. The van der Waals surface area contributed by atoms with E-state index in [1.54, 1.807) is 20.1 Å². The molecule has 0 fully saturated rings. The van der Waals surface area contributed by atoms with Crippen molar-refractivity contribution in [1.29, 1.82) is 0 Å². The van der Waals surface area contributed by atoms with Gasteiger partial charge >= 0.3 is 0 Å². The minimum atomic E-state index is -3.89. The van der Waals surface area contributed by atoms with E-state index in [0.717, 1.165) is 9.87 Å². The number of para-hydroxylation sites is 1. The Morgan fingerprint density at radius 3 is 2.39 bits per heavy atom. The summed E-state index contributed by atoms with van der Waals surface area (Å²) in [6, 6.07) is 11.1. The maximum atomic E-state index is 12.7. The molecular formula is C19H23ClN2O5S. The van der Waals surface area contributed by atoms with Crippen LogP contribution in [0.15, 0.2) is 47.4 Å². The number of carbonyl (C=O) groups is 1. The lowest BCUT2D eigenvalue weighted by atomic mass is 10.1. The largest absolute Gasteiger partial charge is 0.496 e. The fraction of sp³-hybridized carbons (Fsp3) is 0.316. The number of ether oxygens (including phenoxy) is 2. The molecule has 28 heavy (non-hydrogen) atoms. The molecule has 0 bridgehead atoms. The summed E-state index contributed by atoms with van der Waals surface area (Å²) in [6.07, 6.45) is 0. The van der Waals surface area contributed by atoms with E-state index in [9.17, 15) is 13.2 Å². The third-order valence-electron chi connectivity index (χ3n) is 4.18. The maximum absolute atomic E-state index is 12.7. The molecule has 0 aliphatic carbocycles. The average molecular weight is 427 g/mol. The number of amides is 1. The third-order valence-corrected chi connectivity index (χ3v) is 6.28. The number of benzene rings is 2. The molecular weight excluding hydrogens is 404 g/mol. The standard InChI is InChI=1S/C19H23ClN2O5S/c1-13(15-7-5-6-8-17(15)26-3)21-19(23)12-22(2)28(24,25)14-9-10-18(27-4)16(20)11-14/h5-11,13H,12H2,1-4H3,(H,21,23). The van der Waals surface area contributed by atoms with E-state index >= 15 is 0 Å². The second-order valence-electron chi connectivity index (χ2n) is 6.09. The van der Waals surface area contributed by atoms with Crippen molar-refractivity contribution in [2.75, 3.05) is 27.8 Å². The number of hydrogen-bond donors (Lipinski definition) is 1. The highest BCUT2D eigenvalue weighted by Crippen LogP contribution is 2.28. The van der Waals surface area contributed by atoms with Crippen molar-refractivity contribution < 1.29 is 22.7 Å². The smallest absolute Gasteiger partial charge is 0.243 e. The Morgan fingerprint density at radius 2 is 1.79 bits per heavy atom.